The maximum atomic E-state index is 13.3. The lowest BCUT2D eigenvalue weighted by atomic mass is 10.0. The lowest BCUT2D eigenvalue weighted by Gasteiger charge is -2.29. The number of benzene rings is 1. The summed E-state index contributed by atoms with van der Waals surface area (Å²) in [5, 5.41) is 2.36. The predicted octanol–water partition coefficient (Wildman–Crippen LogP) is 4.02. The van der Waals surface area contributed by atoms with Crippen molar-refractivity contribution in [1.29, 1.82) is 0 Å². The van der Waals surface area contributed by atoms with Crippen molar-refractivity contribution in [2.24, 2.45) is 5.92 Å². The van der Waals surface area contributed by atoms with Gasteiger partial charge in [0.1, 0.15) is 17.4 Å². The predicted molar refractivity (Wildman–Crippen MR) is 81.5 cm³/mol. The number of carbonyl (C=O) groups is 1. The molecule has 0 fully saturated rings. The summed E-state index contributed by atoms with van der Waals surface area (Å²) in [6, 6.07) is 3.94. The molecule has 0 radical (unpaired) electrons. The van der Waals surface area contributed by atoms with E-state index in [9.17, 15) is 18.0 Å². The molecule has 0 saturated carbocycles. The van der Waals surface area contributed by atoms with Crippen LogP contribution in [0.15, 0.2) is 24.3 Å². The third-order valence-corrected chi connectivity index (χ3v) is 3.04. The average Bonchev–Trinajstić information content (AvgIpc) is 2.41. The van der Waals surface area contributed by atoms with E-state index in [1.807, 2.05) is 0 Å². The summed E-state index contributed by atoms with van der Waals surface area (Å²) in [5.74, 6) is -1.77. The molecule has 0 saturated heterocycles. The standard InChI is InChI=1S/C16H22F3NO3/c1-10(14(21)23-15(2,3)4)13(16(17,18)19)20-11-6-8-12(22-5)9-7-11/h6-10,13,20H,1-5H3/t10-,13-/m1/s1. The zero-order valence-corrected chi connectivity index (χ0v) is 13.8. The minimum atomic E-state index is -4.60. The van der Waals surface area contributed by atoms with Crippen LogP contribution >= 0.6 is 0 Å². The minimum Gasteiger partial charge on any atom is -0.497 e. The van der Waals surface area contributed by atoms with E-state index in [4.69, 9.17) is 9.47 Å². The highest BCUT2D eigenvalue weighted by molar-refractivity contribution is 5.74. The molecule has 0 aliphatic carbocycles. The van der Waals surface area contributed by atoms with Crippen molar-refractivity contribution in [3.63, 3.8) is 0 Å². The van der Waals surface area contributed by atoms with Crippen molar-refractivity contribution in [3.05, 3.63) is 24.3 Å². The van der Waals surface area contributed by atoms with Crippen molar-refractivity contribution in [2.75, 3.05) is 12.4 Å². The van der Waals surface area contributed by atoms with E-state index in [1.54, 1.807) is 20.8 Å². The molecular formula is C16H22F3NO3. The smallest absolute Gasteiger partial charge is 0.409 e. The number of carbonyl (C=O) groups excluding carboxylic acids is 1. The summed E-state index contributed by atoms with van der Waals surface area (Å²) in [5.41, 5.74) is -0.606. The van der Waals surface area contributed by atoms with Crippen LogP contribution in [0.4, 0.5) is 18.9 Å². The molecule has 0 amide bonds. The Morgan fingerprint density at radius 2 is 1.65 bits per heavy atom. The normalized spacial score (nSPS) is 14.8. The van der Waals surface area contributed by atoms with E-state index in [0.29, 0.717) is 5.75 Å². The van der Waals surface area contributed by atoms with Gasteiger partial charge in [0, 0.05) is 5.69 Å². The second kappa shape index (κ2) is 7.10. The third-order valence-electron chi connectivity index (χ3n) is 3.04. The topological polar surface area (TPSA) is 47.6 Å². The lowest BCUT2D eigenvalue weighted by Crippen LogP contribution is -2.46. The average molecular weight is 333 g/mol. The molecule has 0 spiro atoms. The van der Waals surface area contributed by atoms with Crippen LogP contribution in [0.2, 0.25) is 0 Å². The Morgan fingerprint density at radius 3 is 2.04 bits per heavy atom. The zero-order valence-electron chi connectivity index (χ0n) is 13.8. The number of hydrogen-bond donors (Lipinski definition) is 1. The molecule has 0 aliphatic rings. The van der Waals surface area contributed by atoms with Gasteiger partial charge in [0.2, 0.25) is 0 Å². The molecule has 4 nitrogen and oxygen atoms in total. The maximum Gasteiger partial charge on any atom is 0.409 e. The summed E-state index contributed by atoms with van der Waals surface area (Å²) >= 11 is 0. The summed E-state index contributed by atoms with van der Waals surface area (Å²) in [6.07, 6.45) is -4.60. The molecular weight excluding hydrogens is 311 g/mol. The fourth-order valence-electron chi connectivity index (χ4n) is 1.89. The van der Waals surface area contributed by atoms with E-state index in [1.165, 1.54) is 38.3 Å². The number of hydrogen-bond acceptors (Lipinski definition) is 4. The van der Waals surface area contributed by atoms with Gasteiger partial charge in [-0.05, 0) is 52.0 Å². The Kier molecular flexibility index (Phi) is 5.91. The van der Waals surface area contributed by atoms with Crippen molar-refractivity contribution in [3.8, 4) is 5.75 Å². The van der Waals surface area contributed by atoms with Crippen molar-refractivity contribution in [2.45, 2.75) is 45.5 Å². The van der Waals surface area contributed by atoms with Crippen LogP contribution < -0.4 is 10.1 Å². The van der Waals surface area contributed by atoms with Gasteiger partial charge in [0.15, 0.2) is 0 Å². The number of anilines is 1. The van der Waals surface area contributed by atoms with Gasteiger partial charge in [0.25, 0.3) is 0 Å². The first-order valence-corrected chi connectivity index (χ1v) is 7.14. The van der Waals surface area contributed by atoms with E-state index in [0.717, 1.165) is 0 Å². The molecule has 0 aliphatic heterocycles. The Morgan fingerprint density at radius 1 is 1.13 bits per heavy atom. The number of ether oxygens (including phenoxy) is 2. The highest BCUT2D eigenvalue weighted by atomic mass is 19.4. The summed E-state index contributed by atoms with van der Waals surface area (Å²) < 4.78 is 49.9. The molecule has 1 aromatic rings. The van der Waals surface area contributed by atoms with Gasteiger partial charge in [-0.2, -0.15) is 13.2 Å². The van der Waals surface area contributed by atoms with Gasteiger partial charge in [-0.25, -0.2) is 0 Å². The quantitative estimate of drug-likeness (QED) is 0.827. The van der Waals surface area contributed by atoms with Crippen LogP contribution in [-0.4, -0.2) is 30.9 Å². The molecule has 7 heteroatoms. The highest BCUT2D eigenvalue weighted by Gasteiger charge is 2.46. The fourth-order valence-corrected chi connectivity index (χ4v) is 1.89. The van der Waals surface area contributed by atoms with E-state index < -0.39 is 29.7 Å². The Balaban J connectivity index is 2.93. The Hall–Kier alpha value is -1.92. The third kappa shape index (κ3) is 6.00. The fraction of sp³-hybridized carbons (Fsp3) is 0.562. The largest absolute Gasteiger partial charge is 0.497 e. The van der Waals surface area contributed by atoms with Gasteiger partial charge in [0.05, 0.1) is 13.0 Å². The number of rotatable bonds is 5. The summed E-state index contributed by atoms with van der Waals surface area (Å²) in [4.78, 5) is 12.0. The van der Waals surface area contributed by atoms with Gasteiger partial charge in [-0.15, -0.1) is 0 Å². The van der Waals surface area contributed by atoms with Crippen LogP contribution in [0.25, 0.3) is 0 Å². The van der Waals surface area contributed by atoms with Crippen molar-refractivity contribution >= 4 is 11.7 Å². The molecule has 2 atom stereocenters. The number of esters is 1. The van der Waals surface area contributed by atoms with Crippen molar-refractivity contribution < 1.29 is 27.4 Å². The van der Waals surface area contributed by atoms with Crippen molar-refractivity contribution in [1.82, 2.24) is 0 Å². The number of alkyl halides is 3. The SMILES string of the molecule is COc1ccc(N[C@H]([C@@H](C)C(=O)OC(C)(C)C)C(F)(F)F)cc1. The van der Waals surface area contributed by atoms with E-state index in [-0.39, 0.29) is 5.69 Å². The highest BCUT2D eigenvalue weighted by Crippen LogP contribution is 2.30. The monoisotopic (exact) mass is 333 g/mol. The molecule has 0 aromatic heterocycles. The first kappa shape index (κ1) is 19.1. The molecule has 23 heavy (non-hydrogen) atoms. The number of nitrogens with one attached hydrogen (secondary N) is 1. The zero-order chi connectivity index (χ0) is 17.8. The number of methoxy groups -OCH3 is 1. The van der Waals surface area contributed by atoms with Crippen LogP contribution in [0.1, 0.15) is 27.7 Å². The van der Waals surface area contributed by atoms with Crippen LogP contribution in [0, 0.1) is 5.92 Å². The summed E-state index contributed by atoms with van der Waals surface area (Å²) in [7, 11) is 1.46. The molecule has 1 rings (SSSR count). The Labute approximate surface area is 134 Å². The van der Waals surface area contributed by atoms with Gasteiger partial charge in [-0.3, -0.25) is 4.79 Å². The lowest BCUT2D eigenvalue weighted by molar-refractivity contribution is -0.178. The maximum absolute atomic E-state index is 13.3. The molecule has 0 unspecified atom stereocenters. The number of halogens is 3. The van der Waals surface area contributed by atoms with E-state index in [2.05, 4.69) is 5.32 Å². The Bertz CT molecular complexity index is 521. The molecule has 1 aromatic carbocycles. The van der Waals surface area contributed by atoms with Gasteiger partial charge < -0.3 is 14.8 Å². The second-order valence-corrected chi connectivity index (χ2v) is 6.21. The second-order valence-electron chi connectivity index (χ2n) is 6.21. The van der Waals surface area contributed by atoms with E-state index >= 15 is 0 Å². The molecule has 1 N–H and O–H groups in total. The first-order chi connectivity index (χ1) is 10.4. The van der Waals surface area contributed by atoms with Crippen LogP contribution in [0.5, 0.6) is 5.75 Å². The van der Waals surface area contributed by atoms with Gasteiger partial charge >= 0.3 is 12.1 Å². The molecule has 0 heterocycles. The van der Waals surface area contributed by atoms with Gasteiger partial charge in [-0.1, -0.05) is 0 Å². The van der Waals surface area contributed by atoms with Crippen LogP contribution in [-0.2, 0) is 9.53 Å². The summed E-state index contributed by atoms with van der Waals surface area (Å²) in [6.45, 7) is 6.02. The first-order valence-electron chi connectivity index (χ1n) is 7.14. The molecule has 130 valence electrons. The van der Waals surface area contributed by atoms with Crippen LogP contribution in [0.3, 0.4) is 0 Å². The molecule has 0 bridgehead atoms. The minimum absolute atomic E-state index is 0.239.